The van der Waals surface area contributed by atoms with Gasteiger partial charge in [-0.15, -0.1) is 0 Å². The molecule has 6 heteroatoms. The summed E-state index contributed by atoms with van der Waals surface area (Å²) in [5.74, 6) is -1.88. The highest BCUT2D eigenvalue weighted by molar-refractivity contribution is 6.40. The van der Waals surface area contributed by atoms with Crippen LogP contribution in [0.1, 0.15) is 40.5 Å². The molecule has 1 aliphatic rings. The number of aliphatic hydroxyl groups is 2. The van der Waals surface area contributed by atoms with Gasteiger partial charge in [0.05, 0.1) is 13.2 Å². The van der Waals surface area contributed by atoms with Gasteiger partial charge in [-0.25, -0.2) is 0 Å². The average molecular weight is 316 g/mol. The summed E-state index contributed by atoms with van der Waals surface area (Å²) in [6, 6.07) is 0. The van der Waals surface area contributed by atoms with Crippen LogP contribution in [0.2, 0.25) is 0 Å². The minimum atomic E-state index is -1.45. The van der Waals surface area contributed by atoms with Crippen molar-refractivity contribution in [2.24, 2.45) is 10.8 Å². The number of aliphatic hydroxyl groups excluding tert-OH is 2. The van der Waals surface area contributed by atoms with Gasteiger partial charge in [-0.05, 0) is 12.8 Å². The number of carbonyl (C=O) groups excluding carboxylic acids is 2. The SMILES string of the molecule is CC1(C)CCOCCOCCC(C)(C)[C@H](O)C(=O)C(=O)[C@H]1O. The number of ketones is 2. The molecule has 0 saturated carbocycles. The molecule has 128 valence electrons. The van der Waals surface area contributed by atoms with E-state index in [0.29, 0.717) is 39.3 Å². The van der Waals surface area contributed by atoms with Crippen LogP contribution in [0, 0.1) is 10.8 Å². The molecular weight excluding hydrogens is 288 g/mol. The maximum atomic E-state index is 12.2. The lowest BCUT2D eigenvalue weighted by Gasteiger charge is -2.33. The number of ether oxygens (including phenoxy) is 2. The largest absolute Gasteiger partial charge is 0.384 e. The molecule has 1 aliphatic heterocycles. The van der Waals surface area contributed by atoms with Crippen molar-refractivity contribution in [3.8, 4) is 0 Å². The van der Waals surface area contributed by atoms with Crippen LogP contribution >= 0.6 is 0 Å². The lowest BCUT2D eigenvalue weighted by atomic mass is 9.76. The van der Waals surface area contributed by atoms with Crippen molar-refractivity contribution in [2.45, 2.75) is 52.7 Å². The van der Waals surface area contributed by atoms with Gasteiger partial charge in [0.2, 0.25) is 11.6 Å². The zero-order valence-electron chi connectivity index (χ0n) is 13.9. The van der Waals surface area contributed by atoms with Crippen molar-refractivity contribution in [3.05, 3.63) is 0 Å². The molecule has 0 aromatic carbocycles. The van der Waals surface area contributed by atoms with Crippen LogP contribution in [0.25, 0.3) is 0 Å². The zero-order valence-corrected chi connectivity index (χ0v) is 13.9. The average Bonchev–Trinajstić information content (AvgIpc) is 2.45. The Labute approximate surface area is 131 Å². The van der Waals surface area contributed by atoms with E-state index in [0.717, 1.165) is 0 Å². The summed E-state index contributed by atoms with van der Waals surface area (Å²) in [7, 11) is 0. The molecule has 0 spiro atoms. The fourth-order valence-corrected chi connectivity index (χ4v) is 2.25. The molecule has 1 saturated heterocycles. The Morgan fingerprint density at radius 3 is 1.41 bits per heavy atom. The highest BCUT2D eigenvalue weighted by atomic mass is 16.5. The van der Waals surface area contributed by atoms with Crippen molar-refractivity contribution >= 4 is 11.6 Å². The predicted molar refractivity (Wildman–Crippen MR) is 80.5 cm³/mol. The summed E-state index contributed by atoms with van der Waals surface area (Å²) in [5, 5.41) is 20.4. The third-order valence-electron chi connectivity index (χ3n) is 4.37. The van der Waals surface area contributed by atoms with Crippen molar-refractivity contribution in [2.75, 3.05) is 26.4 Å². The van der Waals surface area contributed by atoms with Crippen LogP contribution in [-0.4, -0.2) is 60.4 Å². The Kier molecular flexibility index (Phi) is 6.67. The van der Waals surface area contributed by atoms with E-state index in [9.17, 15) is 19.8 Å². The van der Waals surface area contributed by atoms with Gasteiger partial charge in [-0.1, -0.05) is 27.7 Å². The smallest absolute Gasteiger partial charge is 0.230 e. The van der Waals surface area contributed by atoms with E-state index < -0.39 is 34.6 Å². The lowest BCUT2D eigenvalue weighted by Crippen LogP contribution is -2.48. The first-order chi connectivity index (χ1) is 10.1. The van der Waals surface area contributed by atoms with Gasteiger partial charge in [-0.2, -0.15) is 0 Å². The van der Waals surface area contributed by atoms with E-state index in [4.69, 9.17) is 9.47 Å². The van der Waals surface area contributed by atoms with E-state index in [1.165, 1.54) is 0 Å². The second kappa shape index (κ2) is 7.64. The Morgan fingerprint density at radius 1 is 0.773 bits per heavy atom. The molecule has 0 amide bonds. The first kappa shape index (κ1) is 19.2. The van der Waals surface area contributed by atoms with Crippen LogP contribution in [0.4, 0.5) is 0 Å². The molecule has 22 heavy (non-hydrogen) atoms. The van der Waals surface area contributed by atoms with E-state index in [1.54, 1.807) is 27.7 Å². The molecule has 2 N–H and O–H groups in total. The van der Waals surface area contributed by atoms with Crippen LogP contribution in [-0.2, 0) is 19.1 Å². The normalized spacial score (nSPS) is 31.5. The number of rotatable bonds is 0. The molecular formula is C16H28O6. The summed E-state index contributed by atoms with van der Waals surface area (Å²) in [4.78, 5) is 24.4. The molecule has 0 unspecified atom stereocenters. The summed E-state index contributed by atoms with van der Waals surface area (Å²) in [5.41, 5.74) is -1.61. The first-order valence-electron chi connectivity index (χ1n) is 7.69. The van der Waals surface area contributed by atoms with Gasteiger partial charge in [0.1, 0.15) is 12.2 Å². The molecule has 0 radical (unpaired) electrons. The molecule has 1 fully saturated rings. The highest BCUT2D eigenvalue weighted by Crippen LogP contribution is 2.30. The van der Waals surface area contributed by atoms with Crippen molar-refractivity contribution in [1.82, 2.24) is 0 Å². The number of Topliss-reactive ketones (excluding diaryl/α,β-unsaturated/α-hetero) is 2. The molecule has 2 atom stereocenters. The molecule has 1 heterocycles. The van der Waals surface area contributed by atoms with E-state index in [2.05, 4.69) is 0 Å². The Morgan fingerprint density at radius 2 is 1.09 bits per heavy atom. The van der Waals surface area contributed by atoms with Gasteiger partial charge in [-0.3, -0.25) is 9.59 Å². The van der Waals surface area contributed by atoms with Gasteiger partial charge in [0.25, 0.3) is 0 Å². The minimum absolute atomic E-state index is 0.364. The Hall–Kier alpha value is -0.820. The molecule has 0 aromatic rings. The molecule has 0 aromatic heterocycles. The fraction of sp³-hybridized carbons (Fsp3) is 0.875. The van der Waals surface area contributed by atoms with Gasteiger partial charge in [0, 0.05) is 24.0 Å². The van der Waals surface area contributed by atoms with Crippen LogP contribution < -0.4 is 0 Å². The van der Waals surface area contributed by atoms with Crippen molar-refractivity contribution < 1.29 is 29.3 Å². The monoisotopic (exact) mass is 316 g/mol. The highest BCUT2D eigenvalue weighted by Gasteiger charge is 2.42. The standard InChI is InChI=1S/C16H28O6/c1-15(2)5-7-21-9-10-22-8-6-16(3,4)14(20)12(18)11(17)13(15)19/h13-14,19-20H,5-10H2,1-4H3/t13-,14-/m1/s1. The maximum absolute atomic E-state index is 12.2. The topological polar surface area (TPSA) is 93.1 Å². The predicted octanol–water partition coefficient (Wildman–Crippen LogP) is 0.726. The number of hydrogen-bond acceptors (Lipinski definition) is 6. The summed E-state index contributed by atoms with van der Waals surface area (Å²) >= 11 is 0. The fourth-order valence-electron chi connectivity index (χ4n) is 2.25. The van der Waals surface area contributed by atoms with Gasteiger partial charge < -0.3 is 19.7 Å². The van der Waals surface area contributed by atoms with Gasteiger partial charge in [0.15, 0.2) is 0 Å². The van der Waals surface area contributed by atoms with Crippen LogP contribution in [0.5, 0.6) is 0 Å². The van der Waals surface area contributed by atoms with Crippen LogP contribution in [0.15, 0.2) is 0 Å². The van der Waals surface area contributed by atoms with Gasteiger partial charge >= 0.3 is 0 Å². The summed E-state index contributed by atoms with van der Waals surface area (Å²) < 4.78 is 10.8. The summed E-state index contributed by atoms with van der Waals surface area (Å²) in [6.07, 6.45) is -2.05. The van der Waals surface area contributed by atoms with Crippen molar-refractivity contribution in [3.63, 3.8) is 0 Å². The van der Waals surface area contributed by atoms with E-state index in [1.807, 2.05) is 0 Å². The van der Waals surface area contributed by atoms with Crippen molar-refractivity contribution in [1.29, 1.82) is 0 Å². The third-order valence-corrected chi connectivity index (χ3v) is 4.37. The Bertz CT molecular complexity index is 363. The molecule has 6 nitrogen and oxygen atoms in total. The van der Waals surface area contributed by atoms with E-state index >= 15 is 0 Å². The summed E-state index contributed by atoms with van der Waals surface area (Å²) in [6.45, 7) is 8.40. The first-order valence-corrected chi connectivity index (χ1v) is 7.69. The minimum Gasteiger partial charge on any atom is -0.384 e. The third kappa shape index (κ3) is 4.84. The molecule has 0 bridgehead atoms. The Balaban J connectivity index is 2.94. The zero-order chi connectivity index (χ0) is 17.0. The number of carbonyl (C=O) groups is 2. The van der Waals surface area contributed by atoms with E-state index in [-0.39, 0.29) is 0 Å². The lowest BCUT2D eigenvalue weighted by molar-refractivity contribution is -0.154. The maximum Gasteiger partial charge on any atom is 0.230 e. The second-order valence-electron chi connectivity index (χ2n) is 7.24. The number of hydrogen-bond donors (Lipinski definition) is 2. The molecule has 1 rings (SSSR count). The second-order valence-corrected chi connectivity index (χ2v) is 7.24. The molecule has 0 aliphatic carbocycles. The van der Waals surface area contributed by atoms with Crippen LogP contribution in [0.3, 0.4) is 0 Å². The quantitative estimate of drug-likeness (QED) is 0.640.